The van der Waals surface area contributed by atoms with Gasteiger partial charge in [-0.2, -0.15) is 0 Å². The Hall–Kier alpha value is -0.920. The maximum atomic E-state index is 11.8. The van der Waals surface area contributed by atoms with Crippen molar-refractivity contribution >= 4 is 37.4 Å². The summed E-state index contributed by atoms with van der Waals surface area (Å²) in [6.45, 7) is 1.43. The van der Waals surface area contributed by atoms with Crippen LogP contribution in [0.1, 0.15) is 0 Å². The lowest BCUT2D eigenvalue weighted by Gasteiger charge is -2.26. The molecule has 0 bridgehead atoms. The molecule has 1 aliphatic rings. The van der Waals surface area contributed by atoms with Gasteiger partial charge in [-0.3, -0.25) is 4.79 Å². The van der Waals surface area contributed by atoms with Gasteiger partial charge in [0.2, 0.25) is 5.91 Å². The predicted molar refractivity (Wildman–Crippen MR) is 77.8 cm³/mol. The number of carbonyl (C=O) groups excluding carboxylic acids is 1. The highest BCUT2D eigenvalue weighted by molar-refractivity contribution is 9.10. The third kappa shape index (κ3) is 4.59. The molecular formula is C12H15BrN2O3S. The Morgan fingerprint density at radius 3 is 2.74 bits per heavy atom. The van der Waals surface area contributed by atoms with E-state index in [0.717, 1.165) is 4.47 Å². The Morgan fingerprint density at radius 1 is 1.42 bits per heavy atom. The molecular weight excluding hydrogens is 332 g/mol. The maximum absolute atomic E-state index is 11.8. The summed E-state index contributed by atoms with van der Waals surface area (Å²) in [5.74, 6) is -0.740. The molecule has 0 aromatic heterocycles. The van der Waals surface area contributed by atoms with Gasteiger partial charge in [0, 0.05) is 23.2 Å². The molecule has 19 heavy (non-hydrogen) atoms. The second kappa shape index (κ2) is 6.02. The van der Waals surface area contributed by atoms with Crippen molar-refractivity contribution < 1.29 is 13.2 Å². The van der Waals surface area contributed by atoms with E-state index in [4.69, 9.17) is 0 Å². The van der Waals surface area contributed by atoms with Crippen LogP contribution in [-0.2, 0) is 14.6 Å². The summed E-state index contributed by atoms with van der Waals surface area (Å²) in [6, 6.07) is 7.04. The summed E-state index contributed by atoms with van der Waals surface area (Å²) < 4.78 is 24.4. The lowest BCUT2D eigenvalue weighted by Crippen LogP contribution is -2.46. The first-order valence-corrected chi connectivity index (χ1v) is 8.52. The van der Waals surface area contributed by atoms with Crippen molar-refractivity contribution in [2.24, 2.45) is 5.92 Å². The number of amides is 1. The number of hydrogen-bond donors (Lipinski definition) is 2. The van der Waals surface area contributed by atoms with E-state index in [0.29, 0.717) is 18.8 Å². The number of hydrogen-bond acceptors (Lipinski definition) is 4. The summed E-state index contributed by atoms with van der Waals surface area (Å²) in [7, 11) is -3.33. The Morgan fingerprint density at radius 2 is 2.16 bits per heavy atom. The number of anilines is 1. The molecule has 5 nitrogen and oxygen atoms in total. The fraction of sp³-hybridized carbons (Fsp3) is 0.417. The van der Waals surface area contributed by atoms with Crippen molar-refractivity contribution in [2.45, 2.75) is 0 Å². The summed E-state index contributed by atoms with van der Waals surface area (Å²) >= 11 is 3.29. The van der Waals surface area contributed by atoms with Crippen LogP contribution in [0.2, 0.25) is 0 Å². The fourth-order valence-corrected chi connectivity index (χ4v) is 3.79. The van der Waals surface area contributed by atoms with E-state index in [2.05, 4.69) is 26.6 Å². The van der Waals surface area contributed by atoms with Gasteiger partial charge in [-0.1, -0.05) is 22.0 Å². The SMILES string of the molecule is O=C(CS(=O)(=O)CC1CNC1)Nc1cccc(Br)c1. The van der Waals surface area contributed by atoms with Crippen LogP contribution in [0.3, 0.4) is 0 Å². The molecule has 0 radical (unpaired) electrons. The molecule has 1 amide bonds. The Balaban J connectivity index is 1.89. The van der Waals surface area contributed by atoms with Crippen LogP contribution in [0.5, 0.6) is 0 Å². The second-order valence-corrected chi connectivity index (χ2v) is 7.66. The van der Waals surface area contributed by atoms with Crippen molar-refractivity contribution in [3.8, 4) is 0 Å². The van der Waals surface area contributed by atoms with E-state index in [9.17, 15) is 13.2 Å². The normalized spacial score (nSPS) is 15.8. The highest BCUT2D eigenvalue weighted by atomic mass is 79.9. The average molecular weight is 347 g/mol. The molecule has 0 atom stereocenters. The van der Waals surface area contributed by atoms with Gasteiger partial charge in [0.25, 0.3) is 0 Å². The highest BCUT2D eigenvalue weighted by Crippen LogP contribution is 2.16. The minimum Gasteiger partial charge on any atom is -0.325 e. The molecule has 1 aromatic rings. The standard InChI is InChI=1S/C12H15BrN2O3S/c13-10-2-1-3-11(4-10)15-12(16)8-19(17,18)7-9-5-14-6-9/h1-4,9,14H,5-8H2,(H,15,16). The maximum Gasteiger partial charge on any atom is 0.239 e. The molecule has 1 fully saturated rings. The predicted octanol–water partition coefficient (Wildman–Crippen LogP) is 1.02. The largest absolute Gasteiger partial charge is 0.325 e. The zero-order chi connectivity index (χ0) is 13.9. The first-order chi connectivity index (χ1) is 8.94. The third-order valence-corrected chi connectivity index (χ3v) is 4.99. The number of benzene rings is 1. The smallest absolute Gasteiger partial charge is 0.239 e. The second-order valence-electron chi connectivity index (χ2n) is 4.64. The topological polar surface area (TPSA) is 75.3 Å². The summed E-state index contributed by atoms with van der Waals surface area (Å²) in [5.41, 5.74) is 0.583. The monoisotopic (exact) mass is 346 g/mol. The van der Waals surface area contributed by atoms with Gasteiger partial charge in [-0.15, -0.1) is 0 Å². The zero-order valence-electron chi connectivity index (χ0n) is 10.2. The van der Waals surface area contributed by atoms with E-state index in [1.165, 1.54) is 0 Å². The van der Waals surface area contributed by atoms with Gasteiger partial charge in [0.05, 0.1) is 5.75 Å². The van der Waals surface area contributed by atoms with E-state index in [1.807, 2.05) is 6.07 Å². The quantitative estimate of drug-likeness (QED) is 0.834. The Bertz CT molecular complexity index is 570. The molecule has 1 aromatic carbocycles. The van der Waals surface area contributed by atoms with Crippen molar-refractivity contribution in [1.82, 2.24) is 5.32 Å². The number of nitrogens with one attached hydrogen (secondary N) is 2. The van der Waals surface area contributed by atoms with Crippen molar-refractivity contribution in [3.63, 3.8) is 0 Å². The molecule has 1 aliphatic heterocycles. The Labute approximate surface area is 120 Å². The molecule has 104 valence electrons. The van der Waals surface area contributed by atoms with Crippen molar-refractivity contribution in [3.05, 3.63) is 28.7 Å². The van der Waals surface area contributed by atoms with Crippen LogP contribution in [0, 0.1) is 5.92 Å². The van der Waals surface area contributed by atoms with Gasteiger partial charge >= 0.3 is 0 Å². The molecule has 7 heteroatoms. The first kappa shape index (κ1) is 14.5. The van der Waals surface area contributed by atoms with Crippen LogP contribution < -0.4 is 10.6 Å². The van der Waals surface area contributed by atoms with Crippen LogP contribution in [0.4, 0.5) is 5.69 Å². The van der Waals surface area contributed by atoms with E-state index >= 15 is 0 Å². The highest BCUT2D eigenvalue weighted by Gasteiger charge is 2.26. The number of carbonyl (C=O) groups is 1. The molecule has 2 N–H and O–H groups in total. The summed E-state index contributed by atoms with van der Waals surface area (Å²) in [5, 5.41) is 5.60. The molecule has 0 saturated carbocycles. The average Bonchev–Trinajstić information content (AvgIpc) is 2.23. The van der Waals surface area contributed by atoms with Crippen molar-refractivity contribution in [2.75, 3.05) is 29.9 Å². The summed E-state index contributed by atoms with van der Waals surface area (Å²) in [6.07, 6.45) is 0. The van der Waals surface area contributed by atoms with Crippen molar-refractivity contribution in [1.29, 1.82) is 0 Å². The lowest BCUT2D eigenvalue weighted by atomic mass is 10.1. The molecule has 2 rings (SSSR count). The molecule has 0 aliphatic carbocycles. The van der Waals surface area contributed by atoms with E-state index in [-0.39, 0.29) is 11.7 Å². The zero-order valence-corrected chi connectivity index (χ0v) is 12.6. The fourth-order valence-electron chi connectivity index (χ4n) is 1.85. The lowest BCUT2D eigenvalue weighted by molar-refractivity contribution is -0.113. The van der Waals surface area contributed by atoms with Gasteiger partial charge < -0.3 is 10.6 Å². The number of rotatable bonds is 5. The first-order valence-electron chi connectivity index (χ1n) is 5.91. The van der Waals surface area contributed by atoms with Gasteiger partial charge in [0.15, 0.2) is 9.84 Å². The number of halogens is 1. The van der Waals surface area contributed by atoms with E-state index in [1.54, 1.807) is 18.2 Å². The van der Waals surface area contributed by atoms with Crippen LogP contribution in [0.15, 0.2) is 28.7 Å². The third-order valence-electron chi connectivity index (χ3n) is 2.82. The van der Waals surface area contributed by atoms with Crippen LogP contribution in [0.25, 0.3) is 0 Å². The Kier molecular flexibility index (Phi) is 4.59. The minimum atomic E-state index is -3.33. The number of sulfone groups is 1. The molecule has 0 unspecified atom stereocenters. The summed E-state index contributed by atoms with van der Waals surface area (Å²) in [4.78, 5) is 11.7. The van der Waals surface area contributed by atoms with Crippen LogP contribution >= 0.6 is 15.9 Å². The van der Waals surface area contributed by atoms with Gasteiger partial charge in [0.1, 0.15) is 5.75 Å². The molecule has 1 heterocycles. The van der Waals surface area contributed by atoms with E-state index < -0.39 is 21.5 Å². The van der Waals surface area contributed by atoms with Gasteiger partial charge in [-0.05, 0) is 24.1 Å². The molecule has 0 spiro atoms. The minimum absolute atomic E-state index is 0.0753. The van der Waals surface area contributed by atoms with Crippen LogP contribution in [-0.4, -0.2) is 38.9 Å². The van der Waals surface area contributed by atoms with Gasteiger partial charge in [-0.25, -0.2) is 8.42 Å². The molecule has 1 saturated heterocycles.